The minimum absolute atomic E-state index is 0.782. The number of nitrogens with zero attached hydrogens (tertiary/aromatic N) is 3. The third kappa shape index (κ3) is 1.13. The van der Waals surface area contributed by atoms with Crippen molar-refractivity contribution in [3.05, 3.63) is 30.4 Å². The molecule has 60 valence electrons. The van der Waals surface area contributed by atoms with Crippen molar-refractivity contribution < 1.29 is 0 Å². The van der Waals surface area contributed by atoms with E-state index in [4.69, 9.17) is 0 Å². The van der Waals surface area contributed by atoms with Gasteiger partial charge in [0.05, 0.1) is 0 Å². The largest absolute Gasteiger partial charge is 0.241 e. The maximum atomic E-state index is 4.27. The predicted molar refractivity (Wildman–Crippen MR) is 46.7 cm³/mol. The average molecular weight is 159 g/mol. The van der Waals surface area contributed by atoms with Crippen LogP contribution in [0, 0.1) is 0 Å². The molecule has 0 saturated heterocycles. The van der Waals surface area contributed by atoms with Gasteiger partial charge in [0.2, 0.25) is 0 Å². The van der Waals surface area contributed by atoms with Crippen LogP contribution in [0.3, 0.4) is 0 Å². The van der Waals surface area contributed by atoms with Gasteiger partial charge in [-0.3, -0.25) is 0 Å². The zero-order valence-corrected chi connectivity index (χ0v) is 6.86. The minimum atomic E-state index is 0.782. The van der Waals surface area contributed by atoms with Gasteiger partial charge in [0, 0.05) is 24.2 Å². The maximum Gasteiger partial charge on any atom is 0.162 e. The summed E-state index contributed by atoms with van der Waals surface area (Å²) in [6.07, 6.45) is 4.41. The summed E-state index contributed by atoms with van der Waals surface area (Å²) >= 11 is 0. The first kappa shape index (κ1) is 7.16. The molecule has 12 heavy (non-hydrogen) atoms. The summed E-state index contributed by atoms with van der Waals surface area (Å²) in [5.41, 5.74) is 0.782. The monoisotopic (exact) mass is 159 g/mol. The highest BCUT2D eigenvalue weighted by atomic mass is 14.9. The van der Waals surface area contributed by atoms with Crippen LogP contribution in [0.15, 0.2) is 24.5 Å². The van der Waals surface area contributed by atoms with Crippen molar-refractivity contribution in [2.24, 2.45) is 0 Å². The summed E-state index contributed by atoms with van der Waals surface area (Å²) in [7, 11) is 0. The van der Waals surface area contributed by atoms with E-state index in [1.165, 1.54) is 0 Å². The lowest BCUT2D eigenvalue weighted by molar-refractivity contribution is 0.953. The highest BCUT2D eigenvalue weighted by Crippen LogP contribution is 2.06. The molecule has 3 nitrogen and oxygen atoms in total. The van der Waals surface area contributed by atoms with Crippen LogP contribution in [0.25, 0.3) is 11.0 Å². The van der Waals surface area contributed by atoms with Crippen LogP contribution < -0.4 is 0 Å². The lowest BCUT2D eigenvalue weighted by atomic mass is 10.3. The Balaban J connectivity index is 2.67. The van der Waals surface area contributed by atoms with Gasteiger partial charge in [-0.2, -0.15) is 0 Å². The van der Waals surface area contributed by atoms with Crippen molar-refractivity contribution in [3.63, 3.8) is 0 Å². The second kappa shape index (κ2) is 2.85. The van der Waals surface area contributed by atoms with E-state index in [0.717, 1.165) is 23.3 Å². The number of hydrogen-bond donors (Lipinski definition) is 0. The number of aryl methyl sites for hydroxylation is 1. The Morgan fingerprint density at radius 1 is 1.33 bits per heavy atom. The fourth-order valence-electron chi connectivity index (χ4n) is 1.07. The lowest BCUT2D eigenvalue weighted by Crippen LogP contribution is -1.93. The molecule has 0 fully saturated rings. The van der Waals surface area contributed by atoms with Crippen molar-refractivity contribution in [1.29, 1.82) is 0 Å². The van der Waals surface area contributed by atoms with Crippen LogP contribution in [0.1, 0.15) is 12.7 Å². The summed E-state index contributed by atoms with van der Waals surface area (Å²) < 4.78 is 0. The van der Waals surface area contributed by atoms with Crippen molar-refractivity contribution in [2.45, 2.75) is 13.3 Å². The Morgan fingerprint density at radius 3 is 3.08 bits per heavy atom. The molecule has 0 N–H and O–H groups in total. The molecule has 3 heteroatoms. The van der Waals surface area contributed by atoms with E-state index in [0.29, 0.717) is 0 Å². The van der Waals surface area contributed by atoms with Gasteiger partial charge in [-0.05, 0) is 12.1 Å². The number of aromatic nitrogens is 3. The molecule has 0 atom stereocenters. The molecule has 0 spiro atoms. The van der Waals surface area contributed by atoms with Gasteiger partial charge >= 0.3 is 0 Å². The van der Waals surface area contributed by atoms with Gasteiger partial charge in [-0.15, -0.1) is 0 Å². The van der Waals surface area contributed by atoms with Gasteiger partial charge < -0.3 is 0 Å². The first-order valence-electron chi connectivity index (χ1n) is 3.97. The predicted octanol–water partition coefficient (Wildman–Crippen LogP) is 1.59. The highest BCUT2D eigenvalue weighted by Gasteiger charge is 1.96. The molecule has 0 unspecified atom stereocenters. The Kier molecular flexibility index (Phi) is 1.70. The zero-order valence-electron chi connectivity index (χ0n) is 6.86. The Labute approximate surface area is 70.5 Å². The normalized spacial score (nSPS) is 10.4. The Morgan fingerprint density at radius 2 is 2.25 bits per heavy atom. The maximum absolute atomic E-state index is 4.27. The summed E-state index contributed by atoms with van der Waals surface area (Å²) in [5.74, 6) is 0.848. The van der Waals surface area contributed by atoms with Gasteiger partial charge in [0.25, 0.3) is 0 Å². The highest BCUT2D eigenvalue weighted by molar-refractivity contribution is 5.72. The van der Waals surface area contributed by atoms with E-state index >= 15 is 0 Å². The number of fused-ring (bicyclic) bond motifs is 1. The summed E-state index contributed by atoms with van der Waals surface area (Å²) in [6.45, 7) is 2.03. The molecule has 2 aromatic rings. The molecule has 0 saturated carbocycles. The molecular formula is C9H9N3. The van der Waals surface area contributed by atoms with Crippen LogP contribution in [-0.4, -0.2) is 15.0 Å². The van der Waals surface area contributed by atoms with Crippen LogP contribution >= 0.6 is 0 Å². The van der Waals surface area contributed by atoms with E-state index in [9.17, 15) is 0 Å². The van der Waals surface area contributed by atoms with Gasteiger partial charge in [-0.25, -0.2) is 15.0 Å². The molecule has 2 heterocycles. The third-order valence-electron chi connectivity index (χ3n) is 1.72. The van der Waals surface area contributed by atoms with Gasteiger partial charge in [-0.1, -0.05) is 6.92 Å². The van der Waals surface area contributed by atoms with Crippen molar-refractivity contribution in [2.75, 3.05) is 0 Å². The van der Waals surface area contributed by atoms with E-state index in [-0.39, 0.29) is 0 Å². The second-order valence-electron chi connectivity index (χ2n) is 2.56. The topological polar surface area (TPSA) is 38.7 Å². The Bertz CT molecular complexity index is 398. The molecule has 0 amide bonds. The van der Waals surface area contributed by atoms with Crippen LogP contribution in [0.4, 0.5) is 0 Å². The minimum Gasteiger partial charge on any atom is -0.241 e. The molecule has 0 aliphatic heterocycles. The second-order valence-corrected chi connectivity index (χ2v) is 2.56. The number of pyridine rings is 1. The zero-order chi connectivity index (χ0) is 8.39. The molecular weight excluding hydrogens is 150 g/mol. The summed E-state index contributed by atoms with van der Waals surface area (Å²) in [6, 6.07) is 3.85. The van der Waals surface area contributed by atoms with Gasteiger partial charge in [0.1, 0.15) is 5.82 Å². The van der Waals surface area contributed by atoms with Crippen molar-refractivity contribution in [3.8, 4) is 0 Å². The van der Waals surface area contributed by atoms with Crippen LogP contribution in [-0.2, 0) is 6.42 Å². The third-order valence-corrected chi connectivity index (χ3v) is 1.72. The average Bonchev–Trinajstić information content (AvgIpc) is 2.17. The fourth-order valence-corrected chi connectivity index (χ4v) is 1.07. The SMILES string of the molecule is CCc1ncc2cccnc2n1. The number of hydrogen-bond acceptors (Lipinski definition) is 3. The standard InChI is InChI=1S/C9H9N3/c1-2-8-11-6-7-4-3-5-10-9(7)12-8/h3-6H,2H2,1H3. The van der Waals surface area contributed by atoms with Crippen LogP contribution in [0.2, 0.25) is 0 Å². The smallest absolute Gasteiger partial charge is 0.162 e. The molecule has 0 aliphatic carbocycles. The lowest BCUT2D eigenvalue weighted by Gasteiger charge is -1.96. The van der Waals surface area contributed by atoms with Crippen LogP contribution in [0.5, 0.6) is 0 Å². The quantitative estimate of drug-likeness (QED) is 0.634. The molecule has 0 radical (unpaired) electrons. The van der Waals surface area contributed by atoms with Gasteiger partial charge in [0.15, 0.2) is 5.65 Å². The van der Waals surface area contributed by atoms with E-state index < -0.39 is 0 Å². The van der Waals surface area contributed by atoms with E-state index in [1.54, 1.807) is 6.20 Å². The summed E-state index contributed by atoms with van der Waals surface area (Å²) in [4.78, 5) is 12.6. The molecule has 0 aliphatic rings. The Hall–Kier alpha value is -1.51. The first-order valence-corrected chi connectivity index (χ1v) is 3.97. The first-order chi connectivity index (χ1) is 5.90. The van der Waals surface area contributed by atoms with E-state index in [2.05, 4.69) is 15.0 Å². The summed E-state index contributed by atoms with van der Waals surface area (Å²) in [5, 5.41) is 0.995. The molecule has 2 aromatic heterocycles. The number of rotatable bonds is 1. The van der Waals surface area contributed by atoms with E-state index in [1.807, 2.05) is 25.3 Å². The molecule has 2 rings (SSSR count). The molecule has 0 aromatic carbocycles. The van der Waals surface area contributed by atoms with Crippen molar-refractivity contribution >= 4 is 11.0 Å². The van der Waals surface area contributed by atoms with Crippen molar-refractivity contribution in [1.82, 2.24) is 15.0 Å². The fraction of sp³-hybridized carbons (Fsp3) is 0.222. The molecule has 0 bridgehead atoms.